The van der Waals surface area contributed by atoms with E-state index in [9.17, 15) is 9.18 Å². The van der Waals surface area contributed by atoms with Gasteiger partial charge in [0.25, 0.3) is 5.91 Å². The number of pyridine rings is 1. The van der Waals surface area contributed by atoms with Gasteiger partial charge in [0.1, 0.15) is 17.1 Å². The topological polar surface area (TPSA) is 67.2 Å². The molecular weight excluding hydrogens is 407 g/mol. The predicted molar refractivity (Wildman–Crippen MR) is 118 cm³/mol. The largest absolute Gasteiger partial charge is 0.369 e. The predicted octanol–water partition coefficient (Wildman–Crippen LogP) is 3.31. The van der Waals surface area contributed by atoms with Crippen molar-refractivity contribution < 1.29 is 9.18 Å². The number of hydrogen-bond donors (Lipinski definition) is 0. The fraction of sp³-hybridized carbons (Fsp3) is 0.250. The molecular formula is C24H21FN6O. The van der Waals surface area contributed by atoms with Crippen LogP contribution < -0.4 is 4.90 Å². The first-order chi connectivity index (χ1) is 15.7. The first kappa shape index (κ1) is 18.9. The van der Waals surface area contributed by atoms with Crippen LogP contribution in [0.2, 0.25) is 0 Å². The highest BCUT2D eigenvalue weighted by atomic mass is 19.1. The summed E-state index contributed by atoms with van der Waals surface area (Å²) in [6, 6.07) is 14.7. The number of para-hydroxylation sites is 1. The molecule has 2 aromatic heterocycles. The number of amides is 1. The van der Waals surface area contributed by atoms with Crippen molar-refractivity contribution in [3.63, 3.8) is 0 Å². The number of aromatic nitrogens is 4. The summed E-state index contributed by atoms with van der Waals surface area (Å²) in [5.74, 6) is -0.430. The Labute approximate surface area is 184 Å². The minimum Gasteiger partial charge on any atom is -0.369 e. The number of fused-ring (bicyclic) bond motifs is 2. The summed E-state index contributed by atoms with van der Waals surface area (Å²) in [6.45, 7) is 2.29. The zero-order valence-electron chi connectivity index (χ0n) is 17.3. The number of likely N-dealkylation sites (tertiary alicyclic amines) is 1. The van der Waals surface area contributed by atoms with Crippen molar-refractivity contribution in [3.05, 3.63) is 78.5 Å². The summed E-state index contributed by atoms with van der Waals surface area (Å²) < 4.78 is 14.8. The van der Waals surface area contributed by atoms with Crippen LogP contribution in [0.1, 0.15) is 16.8 Å². The van der Waals surface area contributed by atoms with Gasteiger partial charge in [0.15, 0.2) is 0 Å². The average Bonchev–Trinajstić information content (AvgIpc) is 3.34. The lowest BCUT2D eigenvalue weighted by Crippen LogP contribution is -2.66. The molecule has 0 N–H and O–H groups in total. The molecule has 2 unspecified atom stereocenters. The molecule has 8 heteroatoms. The van der Waals surface area contributed by atoms with E-state index >= 15 is 0 Å². The van der Waals surface area contributed by atoms with Gasteiger partial charge in [0, 0.05) is 42.8 Å². The smallest absolute Gasteiger partial charge is 0.259 e. The lowest BCUT2D eigenvalue weighted by Gasteiger charge is -2.54. The Kier molecular flexibility index (Phi) is 4.38. The van der Waals surface area contributed by atoms with Crippen molar-refractivity contribution in [2.75, 3.05) is 24.5 Å². The second-order valence-corrected chi connectivity index (χ2v) is 8.32. The Hall–Kier alpha value is -3.81. The van der Waals surface area contributed by atoms with Crippen molar-refractivity contribution in [2.24, 2.45) is 5.92 Å². The van der Waals surface area contributed by atoms with E-state index in [1.54, 1.807) is 17.0 Å². The zero-order valence-corrected chi connectivity index (χ0v) is 17.3. The lowest BCUT2D eigenvalue weighted by molar-refractivity contribution is 0.00755. The van der Waals surface area contributed by atoms with Gasteiger partial charge in [-0.15, -0.1) is 0 Å². The molecule has 2 aromatic carbocycles. The molecule has 4 heterocycles. The van der Waals surface area contributed by atoms with E-state index in [-0.39, 0.29) is 17.5 Å². The molecule has 1 amide bonds. The number of hydrogen-bond acceptors (Lipinski definition) is 5. The van der Waals surface area contributed by atoms with Gasteiger partial charge in [-0.05, 0) is 30.7 Å². The molecule has 4 aromatic rings. The van der Waals surface area contributed by atoms with Crippen LogP contribution in [0.25, 0.3) is 16.6 Å². The van der Waals surface area contributed by atoms with E-state index in [1.165, 1.54) is 23.3 Å². The summed E-state index contributed by atoms with van der Waals surface area (Å²) in [5, 5.41) is 9.28. The van der Waals surface area contributed by atoms with Crippen LogP contribution >= 0.6 is 0 Å². The van der Waals surface area contributed by atoms with Crippen molar-refractivity contribution in [1.82, 2.24) is 24.9 Å². The third kappa shape index (κ3) is 2.94. The van der Waals surface area contributed by atoms with E-state index < -0.39 is 5.82 Å². The molecule has 2 atom stereocenters. The van der Waals surface area contributed by atoms with Crippen LogP contribution in [-0.2, 0) is 0 Å². The third-order valence-electron chi connectivity index (χ3n) is 6.62. The molecule has 2 fully saturated rings. The van der Waals surface area contributed by atoms with E-state index in [0.29, 0.717) is 24.7 Å². The highest BCUT2D eigenvalue weighted by molar-refractivity contribution is 5.99. The van der Waals surface area contributed by atoms with E-state index in [2.05, 4.69) is 26.1 Å². The monoisotopic (exact) mass is 428 g/mol. The molecule has 32 heavy (non-hydrogen) atoms. The van der Waals surface area contributed by atoms with Gasteiger partial charge < -0.3 is 9.80 Å². The lowest BCUT2D eigenvalue weighted by atomic mass is 9.81. The fourth-order valence-electron chi connectivity index (χ4n) is 4.98. The number of anilines is 1. The molecule has 160 valence electrons. The standard InChI is InChI=1S/C24H21FN6O/c25-18-5-3-7-21(31-27-11-12-28-31)23(18)24(32)30-14-16-9-13-29(15-22(16)30)20-8-10-26-19-6-2-1-4-17(19)20/h1-8,10-12,16,22H,9,13-15H2. The zero-order chi connectivity index (χ0) is 21.7. The Bertz CT molecular complexity index is 1300. The number of halogens is 1. The minimum atomic E-state index is -0.555. The Balaban J connectivity index is 1.30. The molecule has 0 bridgehead atoms. The van der Waals surface area contributed by atoms with Crippen LogP contribution in [0.3, 0.4) is 0 Å². The molecule has 2 aliphatic rings. The van der Waals surface area contributed by atoms with Crippen LogP contribution in [0.5, 0.6) is 0 Å². The van der Waals surface area contributed by atoms with Gasteiger partial charge in [0.05, 0.1) is 24.0 Å². The summed E-state index contributed by atoms with van der Waals surface area (Å²) in [4.78, 5) is 23.3. The highest BCUT2D eigenvalue weighted by Crippen LogP contribution is 2.37. The van der Waals surface area contributed by atoms with Crippen molar-refractivity contribution in [2.45, 2.75) is 12.5 Å². The molecule has 6 rings (SSSR count). The molecule has 0 spiro atoms. The first-order valence-corrected chi connectivity index (χ1v) is 10.8. The minimum absolute atomic E-state index is 0.0219. The second-order valence-electron chi connectivity index (χ2n) is 8.32. The third-order valence-corrected chi connectivity index (χ3v) is 6.62. The van der Waals surface area contributed by atoms with Crippen LogP contribution in [0.4, 0.5) is 10.1 Å². The van der Waals surface area contributed by atoms with Gasteiger partial charge >= 0.3 is 0 Å². The highest BCUT2D eigenvalue weighted by Gasteiger charge is 2.46. The molecule has 0 radical (unpaired) electrons. The molecule has 2 aliphatic heterocycles. The maximum atomic E-state index is 14.8. The number of rotatable bonds is 3. The fourth-order valence-corrected chi connectivity index (χ4v) is 4.98. The Morgan fingerprint density at radius 1 is 0.938 bits per heavy atom. The van der Waals surface area contributed by atoms with Gasteiger partial charge in [-0.25, -0.2) is 4.39 Å². The van der Waals surface area contributed by atoms with Crippen LogP contribution in [0.15, 0.2) is 67.1 Å². The Morgan fingerprint density at radius 3 is 2.66 bits per heavy atom. The van der Waals surface area contributed by atoms with E-state index in [1.807, 2.05) is 30.5 Å². The quantitative estimate of drug-likeness (QED) is 0.501. The van der Waals surface area contributed by atoms with Gasteiger partial charge in [-0.1, -0.05) is 24.3 Å². The molecule has 0 aliphatic carbocycles. The normalized spacial score (nSPS) is 20.2. The van der Waals surface area contributed by atoms with Crippen LogP contribution in [-0.4, -0.2) is 56.5 Å². The number of carbonyl (C=O) groups excluding carboxylic acids is 1. The number of nitrogens with zero attached hydrogens (tertiary/aromatic N) is 6. The van der Waals surface area contributed by atoms with Gasteiger partial charge in [0.2, 0.25) is 0 Å². The number of benzene rings is 2. The number of piperidine rings is 1. The maximum Gasteiger partial charge on any atom is 0.259 e. The summed E-state index contributed by atoms with van der Waals surface area (Å²) in [6.07, 6.45) is 5.85. The SMILES string of the molecule is O=C(c1c(F)cccc1-n1nccn1)N1CC2CCN(c3ccnc4ccccc34)CC21. The molecule has 2 saturated heterocycles. The van der Waals surface area contributed by atoms with Crippen molar-refractivity contribution in [3.8, 4) is 5.69 Å². The first-order valence-electron chi connectivity index (χ1n) is 10.8. The second kappa shape index (κ2) is 7.40. The van der Waals surface area contributed by atoms with Gasteiger partial charge in [-0.3, -0.25) is 9.78 Å². The van der Waals surface area contributed by atoms with Crippen molar-refractivity contribution >= 4 is 22.5 Å². The van der Waals surface area contributed by atoms with Gasteiger partial charge in [-0.2, -0.15) is 15.0 Å². The van der Waals surface area contributed by atoms with E-state index in [0.717, 1.165) is 29.6 Å². The maximum absolute atomic E-state index is 14.8. The van der Waals surface area contributed by atoms with Crippen molar-refractivity contribution in [1.29, 1.82) is 0 Å². The average molecular weight is 428 g/mol. The van der Waals surface area contributed by atoms with E-state index in [4.69, 9.17) is 0 Å². The summed E-state index contributed by atoms with van der Waals surface area (Å²) >= 11 is 0. The summed E-state index contributed by atoms with van der Waals surface area (Å²) in [7, 11) is 0. The Morgan fingerprint density at radius 2 is 1.78 bits per heavy atom. The van der Waals surface area contributed by atoms with Crippen LogP contribution in [0, 0.1) is 11.7 Å². The number of carbonyl (C=O) groups is 1. The molecule has 0 saturated carbocycles. The molecule has 7 nitrogen and oxygen atoms in total. The summed E-state index contributed by atoms with van der Waals surface area (Å²) in [5.41, 5.74) is 2.46.